The van der Waals surface area contributed by atoms with E-state index in [-0.39, 0.29) is 0 Å². The van der Waals surface area contributed by atoms with Crippen LogP contribution in [0.5, 0.6) is 5.75 Å². The molecule has 1 fully saturated rings. The Morgan fingerprint density at radius 3 is 2.63 bits per heavy atom. The second-order valence-corrected chi connectivity index (χ2v) is 5.31. The largest absolute Gasteiger partial charge is 0.497 e. The van der Waals surface area contributed by atoms with Crippen molar-refractivity contribution in [2.24, 2.45) is 0 Å². The van der Waals surface area contributed by atoms with E-state index in [4.69, 9.17) is 4.74 Å². The Morgan fingerprint density at radius 2 is 2.05 bits per heavy atom. The van der Waals surface area contributed by atoms with Gasteiger partial charge in [-0.1, -0.05) is 19.4 Å². The molecule has 0 spiro atoms. The molecule has 1 heterocycles. The van der Waals surface area contributed by atoms with Gasteiger partial charge in [-0.3, -0.25) is 4.90 Å². The van der Waals surface area contributed by atoms with Crippen LogP contribution < -0.4 is 10.1 Å². The molecule has 0 aromatic heterocycles. The van der Waals surface area contributed by atoms with Gasteiger partial charge in [0.25, 0.3) is 0 Å². The van der Waals surface area contributed by atoms with Gasteiger partial charge in [0.05, 0.1) is 7.11 Å². The molecule has 1 aromatic rings. The topological polar surface area (TPSA) is 24.5 Å². The Morgan fingerprint density at radius 1 is 1.32 bits per heavy atom. The molecule has 1 N–H and O–H groups in total. The molecule has 3 heteroatoms. The number of hydrogen-bond acceptors (Lipinski definition) is 3. The van der Waals surface area contributed by atoms with Crippen molar-refractivity contribution in [3.63, 3.8) is 0 Å². The van der Waals surface area contributed by atoms with Gasteiger partial charge in [-0.05, 0) is 36.6 Å². The molecule has 106 valence electrons. The van der Waals surface area contributed by atoms with Crippen LogP contribution in [0.15, 0.2) is 18.2 Å². The van der Waals surface area contributed by atoms with Crippen LogP contribution in [0.1, 0.15) is 36.9 Å². The molecule has 1 saturated heterocycles. The molecule has 19 heavy (non-hydrogen) atoms. The van der Waals surface area contributed by atoms with E-state index in [1.54, 1.807) is 7.11 Å². The number of piperazine rings is 1. The van der Waals surface area contributed by atoms with Crippen molar-refractivity contribution in [1.82, 2.24) is 10.2 Å². The van der Waals surface area contributed by atoms with E-state index in [9.17, 15) is 0 Å². The van der Waals surface area contributed by atoms with Crippen LogP contribution in [0.3, 0.4) is 0 Å². The predicted molar refractivity (Wildman–Crippen MR) is 79.8 cm³/mol. The van der Waals surface area contributed by atoms with Crippen molar-refractivity contribution in [2.75, 3.05) is 33.3 Å². The SMILES string of the molecule is CCC[C@H](c1ccc(OC)cc1C)N1CCNCC1. The van der Waals surface area contributed by atoms with Crippen molar-refractivity contribution in [1.29, 1.82) is 0 Å². The molecule has 1 aliphatic heterocycles. The highest BCUT2D eigenvalue weighted by molar-refractivity contribution is 5.36. The van der Waals surface area contributed by atoms with Gasteiger partial charge < -0.3 is 10.1 Å². The highest BCUT2D eigenvalue weighted by Gasteiger charge is 2.22. The first kappa shape index (κ1) is 14.4. The maximum absolute atomic E-state index is 5.31. The molecule has 2 rings (SSSR count). The number of aryl methyl sites for hydroxylation is 1. The third-order valence-electron chi connectivity index (χ3n) is 3.99. The lowest BCUT2D eigenvalue weighted by molar-refractivity contribution is 0.164. The Hall–Kier alpha value is -1.06. The fourth-order valence-corrected chi connectivity index (χ4v) is 2.95. The van der Waals surface area contributed by atoms with Crippen LogP contribution in [0.25, 0.3) is 0 Å². The molecular formula is C16H26N2O. The van der Waals surface area contributed by atoms with Gasteiger partial charge in [0.2, 0.25) is 0 Å². The molecule has 0 radical (unpaired) electrons. The molecular weight excluding hydrogens is 236 g/mol. The summed E-state index contributed by atoms with van der Waals surface area (Å²) < 4.78 is 5.31. The minimum absolute atomic E-state index is 0.554. The Labute approximate surface area is 116 Å². The maximum Gasteiger partial charge on any atom is 0.119 e. The van der Waals surface area contributed by atoms with Crippen LogP contribution in [-0.2, 0) is 0 Å². The minimum Gasteiger partial charge on any atom is -0.497 e. The average molecular weight is 262 g/mol. The number of nitrogens with one attached hydrogen (secondary N) is 1. The fourth-order valence-electron chi connectivity index (χ4n) is 2.95. The zero-order valence-electron chi connectivity index (χ0n) is 12.4. The smallest absolute Gasteiger partial charge is 0.119 e. The standard InChI is InChI=1S/C16H26N2O/c1-4-5-16(18-10-8-17-9-11-18)15-7-6-14(19-3)12-13(15)2/h6-7,12,16-17H,4-5,8-11H2,1-3H3/t16-/m1/s1. The van der Waals surface area contributed by atoms with Crippen molar-refractivity contribution < 1.29 is 4.74 Å². The van der Waals surface area contributed by atoms with Crippen LogP contribution in [0, 0.1) is 6.92 Å². The summed E-state index contributed by atoms with van der Waals surface area (Å²) in [6.07, 6.45) is 2.45. The lowest BCUT2D eigenvalue weighted by atomic mass is 9.95. The zero-order chi connectivity index (χ0) is 13.7. The van der Waals surface area contributed by atoms with Crippen molar-refractivity contribution in [3.8, 4) is 5.75 Å². The molecule has 0 bridgehead atoms. The maximum atomic E-state index is 5.31. The summed E-state index contributed by atoms with van der Waals surface area (Å²) >= 11 is 0. The molecule has 1 aromatic carbocycles. The Bertz CT molecular complexity index is 400. The third-order valence-corrected chi connectivity index (χ3v) is 3.99. The summed E-state index contributed by atoms with van der Waals surface area (Å²) in [5.74, 6) is 0.955. The second kappa shape index (κ2) is 6.92. The van der Waals surface area contributed by atoms with Crippen LogP contribution in [-0.4, -0.2) is 38.2 Å². The molecule has 0 saturated carbocycles. The number of rotatable bonds is 5. The quantitative estimate of drug-likeness (QED) is 0.883. The van der Waals surface area contributed by atoms with E-state index in [1.807, 2.05) is 0 Å². The van der Waals surface area contributed by atoms with Gasteiger partial charge in [-0.2, -0.15) is 0 Å². The normalized spacial score (nSPS) is 18.3. The van der Waals surface area contributed by atoms with Gasteiger partial charge in [0.1, 0.15) is 5.75 Å². The third kappa shape index (κ3) is 3.48. The van der Waals surface area contributed by atoms with Crippen LogP contribution in [0.2, 0.25) is 0 Å². The van der Waals surface area contributed by atoms with Crippen molar-refractivity contribution in [3.05, 3.63) is 29.3 Å². The first-order chi connectivity index (χ1) is 9.26. The Kier molecular flexibility index (Phi) is 5.23. The number of ether oxygens (including phenoxy) is 1. The molecule has 1 aliphatic rings. The zero-order valence-corrected chi connectivity index (χ0v) is 12.4. The first-order valence-electron chi connectivity index (χ1n) is 7.35. The highest BCUT2D eigenvalue weighted by Crippen LogP contribution is 2.30. The van der Waals surface area contributed by atoms with Gasteiger partial charge in [-0.15, -0.1) is 0 Å². The lowest BCUT2D eigenvalue weighted by Crippen LogP contribution is -2.45. The van der Waals surface area contributed by atoms with Crippen molar-refractivity contribution in [2.45, 2.75) is 32.7 Å². The summed E-state index contributed by atoms with van der Waals surface area (Å²) in [6.45, 7) is 8.98. The highest BCUT2D eigenvalue weighted by atomic mass is 16.5. The first-order valence-corrected chi connectivity index (χ1v) is 7.35. The van der Waals surface area contributed by atoms with Crippen LogP contribution in [0.4, 0.5) is 0 Å². The monoisotopic (exact) mass is 262 g/mol. The summed E-state index contributed by atoms with van der Waals surface area (Å²) in [4.78, 5) is 2.62. The summed E-state index contributed by atoms with van der Waals surface area (Å²) in [6, 6.07) is 7.04. The van der Waals surface area contributed by atoms with Gasteiger partial charge in [-0.25, -0.2) is 0 Å². The van der Waals surface area contributed by atoms with Gasteiger partial charge in [0.15, 0.2) is 0 Å². The van der Waals surface area contributed by atoms with E-state index in [0.29, 0.717) is 6.04 Å². The molecule has 1 atom stereocenters. The van der Waals surface area contributed by atoms with E-state index in [1.165, 1.54) is 24.0 Å². The minimum atomic E-state index is 0.554. The average Bonchev–Trinajstić information content (AvgIpc) is 2.46. The van der Waals surface area contributed by atoms with Crippen molar-refractivity contribution >= 4 is 0 Å². The lowest BCUT2D eigenvalue weighted by Gasteiger charge is -2.36. The number of methoxy groups -OCH3 is 1. The number of nitrogens with zero attached hydrogens (tertiary/aromatic N) is 1. The molecule has 0 unspecified atom stereocenters. The molecule has 0 aliphatic carbocycles. The summed E-state index contributed by atoms with van der Waals surface area (Å²) in [7, 11) is 1.73. The van der Waals surface area contributed by atoms with E-state index < -0.39 is 0 Å². The van der Waals surface area contributed by atoms with E-state index in [0.717, 1.165) is 31.9 Å². The predicted octanol–water partition coefficient (Wildman–Crippen LogP) is 2.75. The Balaban J connectivity index is 2.22. The van der Waals surface area contributed by atoms with E-state index in [2.05, 4.69) is 42.3 Å². The number of benzene rings is 1. The summed E-state index contributed by atoms with van der Waals surface area (Å²) in [5.41, 5.74) is 2.81. The summed E-state index contributed by atoms with van der Waals surface area (Å²) in [5, 5.41) is 3.43. The molecule has 3 nitrogen and oxygen atoms in total. The number of hydrogen-bond donors (Lipinski definition) is 1. The van der Waals surface area contributed by atoms with Gasteiger partial charge in [0, 0.05) is 32.2 Å². The van der Waals surface area contributed by atoms with Crippen LogP contribution >= 0.6 is 0 Å². The second-order valence-electron chi connectivity index (χ2n) is 5.31. The molecule has 0 amide bonds. The van der Waals surface area contributed by atoms with Gasteiger partial charge >= 0.3 is 0 Å². The van der Waals surface area contributed by atoms with E-state index >= 15 is 0 Å². The fraction of sp³-hybridized carbons (Fsp3) is 0.625.